The molecular weight excluding hydrogens is 270 g/mol. The summed E-state index contributed by atoms with van der Waals surface area (Å²) in [7, 11) is 0. The number of rotatable bonds is 1. The summed E-state index contributed by atoms with van der Waals surface area (Å²) in [5, 5.41) is 3.89. The first-order valence-electron chi connectivity index (χ1n) is 6.16. The fourth-order valence-corrected chi connectivity index (χ4v) is 2.43. The molecule has 0 spiro atoms. The zero-order valence-electron chi connectivity index (χ0n) is 11.3. The molecule has 1 fully saturated rings. The lowest BCUT2D eigenvalue weighted by Crippen LogP contribution is -2.35. The van der Waals surface area contributed by atoms with Gasteiger partial charge in [0.05, 0.1) is 5.56 Å². The van der Waals surface area contributed by atoms with Crippen LogP contribution in [0.5, 0.6) is 0 Å². The third kappa shape index (κ3) is 3.12. The molecule has 0 aromatic carbocycles. The second-order valence-electron chi connectivity index (χ2n) is 5.66. The molecular formula is C12H18ClN3O3. The molecule has 1 aromatic rings. The Kier molecular flexibility index (Phi) is 3.62. The number of carbonyl (C=O) groups is 1. The van der Waals surface area contributed by atoms with Gasteiger partial charge in [0.25, 0.3) is 0 Å². The van der Waals surface area contributed by atoms with Crippen LogP contribution >= 0.6 is 11.6 Å². The first-order valence-corrected chi connectivity index (χ1v) is 6.54. The van der Waals surface area contributed by atoms with E-state index in [9.17, 15) is 4.79 Å². The summed E-state index contributed by atoms with van der Waals surface area (Å²) in [6.45, 7) is 6.65. The third-order valence-corrected chi connectivity index (χ3v) is 3.23. The molecule has 1 aromatic heterocycles. The highest BCUT2D eigenvalue weighted by molar-refractivity contribution is 6.30. The molecule has 0 aliphatic carbocycles. The topological polar surface area (TPSA) is 81.6 Å². The summed E-state index contributed by atoms with van der Waals surface area (Å²) in [4.78, 5) is 13.6. The number of anilines is 1. The van der Waals surface area contributed by atoms with Gasteiger partial charge in [0, 0.05) is 19.0 Å². The number of nitrogen functional groups attached to an aromatic ring is 1. The summed E-state index contributed by atoms with van der Waals surface area (Å²) in [6, 6.07) is 0. The molecule has 2 rings (SSSR count). The molecule has 1 amide bonds. The summed E-state index contributed by atoms with van der Waals surface area (Å²) in [6.07, 6.45) is 0.450. The first kappa shape index (κ1) is 14.0. The number of nitrogens with two attached hydrogens (primary N) is 1. The maximum Gasteiger partial charge on any atom is 0.410 e. The van der Waals surface area contributed by atoms with Crippen LogP contribution in [0.2, 0.25) is 5.15 Å². The number of hydrogen-bond donors (Lipinski definition) is 1. The standard InChI is InChI=1S/C12H18ClN3O3/c1-12(2,3)18-11(17)16-5-4-7(6-16)8-9(13)15-19-10(8)14/h7H,4-6,14H2,1-3H3. The highest BCUT2D eigenvalue weighted by Gasteiger charge is 2.34. The van der Waals surface area contributed by atoms with E-state index >= 15 is 0 Å². The predicted molar refractivity (Wildman–Crippen MR) is 71.1 cm³/mol. The Bertz CT molecular complexity index is 462. The number of likely N-dealkylation sites (tertiary alicyclic amines) is 1. The third-order valence-electron chi connectivity index (χ3n) is 2.96. The Morgan fingerprint density at radius 3 is 2.79 bits per heavy atom. The van der Waals surface area contributed by atoms with Crippen LogP contribution in [-0.4, -0.2) is 34.8 Å². The van der Waals surface area contributed by atoms with Crippen LogP contribution in [0.15, 0.2) is 4.52 Å². The number of amides is 1. The summed E-state index contributed by atoms with van der Waals surface area (Å²) in [5.74, 6) is 0.271. The number of nitrogens with zero attached hydrogens (tertiary/aromatic N) is 2. The van der Waals surface area contributed by atoms with E-state index in [0.29, 0.717) is 18.7 Å². The zero-order chi connectivity index (χ0) is 14.2. The van der Waals surface area contributed by atoms with Crippen molar-refractivity contribution >= 4 is 23.6 Å². The fraction of sp³-hybridized carbons (Fsp3) is 0.667. The molecule has 106 valence electrons. The van der Waals surface area contributed by atoms with Crippen molar-refractivity contribution in [3.8, 4) is 0 Å². The van der Waals surface area contributed by atoms with Crippen LogP contribution in [0.3, 0.4) is 0 Å². The summed E-state index contributed by atoms with van der Waals surface area (Å²) >= 11 is 5.94. The highest BCUT2D eigenvalue weighted by Crippen LogP contribution is 2.36. The summed E-state index contributed by atoms with van der Waals surface area (Å²) < 4.78 is 10.2. The molecule has 0 saturated carbocycles. The van der Waals surface area contributed by atoms with Gasteiger partial charge in [-0.15, -0.1) is 0 Å². The van der Waals surface area contributed by atoms with E-state index in [1.807, 2.05) is 20.8 Å². The monoisotopic (exact) mass is 287 g/mol. The molecule has 2 heterocycles. The minimum absolute atomic E-state index is 0.0475. The van der Waals surface area contributed by atoms with Gasteiger partial charge < -0.3 is 19.9 Å². The number of aromatic nitrogens is 1. The molecule has 1 atom stereocenters. The van der Waals surface area contributed by atoms with Gasteiger partial charge in [-0.05, 0) is 27.2 Å². The Morgan fingerprint density at radius 1 is 1.58 bits per heavy atom. The SMILES string of the molecule is CC(C)(C)OC(=O)N1CCC(c2c(Cl)noc2N)C1. The van der Waals surface area contributed by atoms with Crippen LogP contribution in [0.4, 0.5) is 10.7 Å². The maximum atomic E-state index is 11.9. The van der Waals surface area contributed by atoms with Crippen molar-refractivity contribution in [1.29, 1.82) is 0 Å². The average Bonchev–Trinajstić information content (AvgIpc) is 2.83. The number of carbonyl (C=O) groups excluding carboxylic acids is 1. The van der Waals surface area contributed by atoms with Crippen LogP contribution in [0.25, 0.3) is 0 Å². The van der Waals surface area contributed by atoms with Crippen molar-refractivity contribution in [3.63, 3.8) is 0 Å². The number of hydrogen-bond acceptors (Lipinski definition) is 5. The Labute approximate surface area is 116 Å². The van der Waals surface area contributed by atoms with Crippen molar-refractivity contribution in [2.45, 2.75) is 38.7 Å². The molecule has 2 N–H and O–H groups in total. The van der Waals surface area contributed by atoms with E-state index in [1.54, 1.807) is 4.90 Å². The lowest BCUT2D eigenvalue weighted by Gasteiger charge is -2.24. The second-order valence-corrected chi connectivity index (χ2v) is 6.02. The summed E-state index contributed by atoms with van der Waals surface area (Å²) in [5.41, 5.74) is 5.89. The van der Waals surface area contributed by atoms with Crippen molar-refractivity contribution in [1.82, 2.24) is 10.1 Å². The molecule has 6 nitrogen and oxygen atoms in total. The largest absolute Gasteiger partial charge is 0.444 e. The van der Waals surface area contributed by atoms with Gasteiger partial charge in [0.15, 0.2) is 5.15 Å². The van der Waals surface area contributed by atoms with Crippen molar-refractivity contribution in [2.75, 3.05) is 18.8 Å². The quantitative estimate of drug-likeness (QED) is 0.858. The maximum absolute atomic E-state index is 11.9. The molecule has 1 saturated heterocycles. The lowest BCUT2D eigenvalue weighted by molar-refractivity contribution is 0.0292. The van der Waals surface area contributed by atoms with Crippen molar-refractivity contribution in [3.05, 3.63) is 10.7 Å². The minimum Gasteiger partial charge on any atom is -0.444 e. The van der Waals surface area contributed by atoms with Crippen molar-refractivity contribution in [2.24, 2.45) is 0 Å². The smallest absolute Gasteiger partial charge is 0.410 e. The van der Waals surface area contributed by atoms with Crippen LogP contribution in [0, 0.1) is 0 Å². The van der Waals surface area contributed by atoms with Crippen LogP contribution in [-0.2, 0) is 4.74 Å². The van der Waals surface area contributed by atoms with Gasteiger partial charge in [-0.1, -0.05) is 16.8 Å². The van der Waals surface area contributed by atoms with E-state index < -0.39 is 5.60 Å². The second kappa shape index (κ2) is 4.92. The van der Waals surface area contributed by atoms with Gasteiger partial charge >= 0.3 is 6.09 Å². The van der Waals surface area contributed by atoms with Gasteiger partial charge in [0.2, 0.25) is 5.88 Å². The van der Waals surface area contributed by atoms with Crippen LogP contribution < -0.4 is 5.73 Å². The highest BCUT2D eigenvalue weighted by atomic mass is 35.5. The van der Waals surface area contributed by atoms with E-state index in [4.69, 9.17) is 26.6 Å². The normalized spacial score (nSPS) is 19.8. The predicted octanol–water partition coefficient (Wildman–Crippen LogP) is 2.63. The van der Waals surface area contributed by atoms with Gasteiger partial charge in [0.1, 0.15) is 5.60 Å². The molecule has 1 unspecified atom stereocenters. The van der Waals surface area contributed by atoms with Gasteiger partial charge in [-0.3, -0.25) is 0 Å². The lowest BCUT2D eigenvalue weighted by atomic mass is 10.0. The van der Waals surface area contributed by atoms with E-state index in [1.165, 1.54) is 0 Å². The molecule has 19 heavy (non-hydrogen) atoms. The number of halogens is 1. The van der Waals surface area contributed by atoms with Crippen LogP contribution in [0.1, 0.15) is 38.7 Å². The Balaban J connectivity index is 2.03. The molecule has 1 aliphatic rings. The average molecular weight is 288 g/mol. The number of ether oxygens (including phenoxy) is 1. The van der Waals surface area contributed by atoms with E-state index in [0.717, 1.165) is 6.42 Å². The van der Waals surface area contributed by atoms with Crippen molar-refractivity contribution < 1.29 is 14.1 Å². The van der Waals surface area contributed by atoms with E-state index in [2.05, 4.69) is 5.16 Å². The molecule has 0 radical (unpaired) electrons. The zero-order valence-corrected chi connectivity index (χ0v) is 12.0. The Morgan fingerprint density at radius 2 is 2.26 bits per heavy atom. The van der Waals surface area contributed by atoms with Gasteiger partial charge in [-0.2, -0.15) is 0 Å². The fourth-order valence-electron chi connectivity index (χ4n) is 2.15. The molecule has 1 aliphatic heterocycles. The first-order chi connectivity index (χ1) is 8.78. The van der Waals surface area contributed by atoms with E-state index in [-0.39, 0.29) is 23.0 Å². The Hall–Kier alpha value is -1.43. The minimum atomic E-state index is -0.497. The molecule has 0 bridgehead atoms. The van der Waals surface area contributed by atoms with Gasteiger partial charge in [-0.25, -0.2) is 4.79 Å². The molecule has 7 heteroatoms.